The van der Waals surface area contributed by atoms with E-state index in [1.165, 1.54) is 11.0 Å². The van der Waals surface area contributed by atoms with Gasteiger partial charge in [0.1, 0.15) is 5.82 Å². The minimum atomic E-state index is -4.53. The fourth-order valence-corrected chi connectivity index (χ4v) is 3.02. The van der Waals surface area contributed by atoms with E-state index in [1.54, 1.807) is 18.2 Å². The lowest BCUT2D eigenvalue weighted by Crippen LogP contribution is -2.50. The molecule has 4 nitrogen and oxygen atoms in total. The number of benzene rings is 2. The average molecular weight is 402 g/mol. The fraction of sp³-hybridized carbons (Fsp3) is 0.278. The SMILES string of the molecule is O=C(Nc1cc(C(F)(F)F)ccc1Cl)N1CCN(c2ccccc2F)CC1. The highest BCUT2D eigenvalue weighted by molar-refractivity contribution is 6.33. The number of piperazine rings is 1. The van der Waals surface area contributed by atoms with Crippen LogP contribution in [0.15, 0.2) is 42.5 Å². The van der Waals surface area contributed by atoms with Crippen LogP contribution in [0.3, 0.4) is 0 Å². The normalized spacial score (nSPS) is 15.0. The van der Waals surface area contributed by atoms with Crippen LogP contribution in [0.25, 0.3) is 0 Å². The number of carbonyl (C=O) groups excluding carboxylic acids is 1. The van der Waals surface area contributed by atoms with Gasteiger partial charge in [0.2, 0.25) is 0 Å². The van der Waals surface area contributed by atoms with Crippen molar-refractivity contribution in [3.8, 4) is 0 Å². The summed E-state index contributed by atoms with van der Waals surface area (Å²) in [6.07, 6.45) is -4.53. The van der Waals surface area contributed by atoms with Crippen LogP contribution in [0.2, 0.25) is 5.02 Å². The lowest BCUT2D eigenvalue weighted by Gasteiger charge is -2.36. The summed E-state index contributed by atoms with van der Waals surface area (Å²) in [5.41, 5.74) is -0.543. The van der Waals surface area contributed by atoms with Gasteiger partial charge in [-0.15, -0.1) is 0 Å². The van der Waals surface area contributed by atoms with Crippen molar-refractivity contribution in [3.63, 3.8) is 0 Å². The van der Waals surface area contributed by atoms with E-state index < -0.39 is 17.8 Å². The van der Waals surface area contributed by atoms with Gasteiger partial charge in [0.25, 0.3) is 0 Å². The van der Waals surface area contributed by atoms with E-state index >= 15 is 0 Å². The van der Waals surface area contributed by atoms with Crippen molar-refractivity contribution in [2.45, 2.75) is 6.18 Å². The quantitative estimate of drug-likeness (QED) is 0.730. The van der Waals surface area contributed by atoms with Gasteiger partial charge in [-0.2, -0.15) is 13.2 Å². The molecule has 144 valence electrons. The number of carbonyl (C=O) groups is 1. The smallest absolute Gasteiger partial charge is 0.366 e. The second-order valence-corrected chi connectivity index (χ2v) is 6.46. The number of nitrogens with one attached hydrogen (secondary N) is 1. The molecule has 0 atom stereocenters. The van der Waals surface area contributed by atoms with Gasteiger partial charge >= 0.3 is 12.2 Å². The Balaban J connectivity index is 1.64. The molecule has 0 saturated carbocycles. The first-order chi connectivity index (χ1) is 12.8. The highest BCUT2D eigenvalue weighted by atomic mass is 35.5. The minimum absolute atomic E-state index is 0.0151. The number of amides is 2. The van der Waals surface area contributed by atoms with Crippen LogP contribution in [0, 0.1) is 5.82 Å². The van der Waals surface area contributed by atoms with Gasteiger partial charge in [0.15, 0.2) is 0 Å². The lowest BCUT2D eigenvalue weighted by molar-refractivity contribution is -0.137. The summed E-state index contributed by atoms with van der Waals surface area (Å²) in [7, 11) is 0. The predicted octanol–water partition coefficient (Wildman–Crippen LogP) is 4.85. The van der Waals surface area contributed by atoms with Crippen molar-refractivity contribution in [1.29, 1.82) is 0 Å². The summed E-state index contributed by atoms with van der Waals surface area (Å²) < 4.78 is 52.3. The van der Waals surface area contributed by atoms with Crippen LogP contribution < -0.4 is 10.2 Å². The number of para-hydroxylation sites is 1. The molecule has 0 aliphatic carbocycles. The standard InChI is InChI=1S/C18H16ClF4N3O/c19-13-6-5-12(18(21,22)23)11-15(13)24-17(27)26-9-7-25(8-10-26)16-4-2-1-3-14(16)20/h1-6,11H,7-10H2,(H,24,27). The van der Waals surface area contributed by atoms with Gasteiger partial charge in [0, 0.05) is 26.2 Å². The van der Waals surface area contributed by atoms with Gasteiger partial charge in [-0.05, 0) is 30.3 Å². The lowest BCUT2D eigenvalue weighted by atomic mass is 10.2. The van der Waals surface area contributed by atoms with Crippen molar-refractivity contribution in [2.24, 2.45) is 0 Å². The van der Waals surface area contributed by atoms with Crippen molar-refractivity contribution in [1.82, 2.24) is 4.90 Å². The van der Waals surface area contributed by atoms with Crippen LogP contribution in [-0.2, 0) is 6.18 Å². The first-order valence-electron chi connectivity index (χ1n) is 8.18. The number of anilines is 2. The van der Waals surface area contributed by atoms with E-state index in [1.807, 2.05) is 4.90 Å². The molecule has 0 spiro atoms. The molecule has 0 bridgehead atoms. The molecule has 1 saturated heterocycles. The van der Waals surface area contributed by atoms with Gasteiger partial charge < -0.3 is 15.1 Å². The monoisotopic (exact) mass is 401 g/mol. The summed E-state index contributed by atoms with van der Waals surface area (Å²) in [5.74, 6) is -0.342. The summed E-state index contributed by atoms with van der Waals surface area (Å²) in [5, 5.41) is 2.44. The fourth-order valence-electron chi connectivity index (χ4n) is 2.85. The predicted molar refractivity (Wildman–Crippen MR) is 95.7 cm³/mol. The van der Waals surface area contributed by atoms with Crippen molar-refractivity contribution in [2.75, 3.05) is 36.4 Å². The molecule has 1 fully saturated rings. The Kier molecular flexibility index (Phi) is 5.46. The second-order valence-electron chi connectivity index (χ2n) is 6.05. The molecule has 1 N–H and O–H groups in total. The highest BCUT2D eigenvalue weighted by Crippen LogP contribution is 2.34. The molecular formula is C18H16ClF4N3O. The number of halogens is 5. The molecule has 1 aliphatic heterocycles. The molecule has 2 aromatic rings. The molecule has 27 heavy (non-hydrogen) atoms. The van der Waals surface area contributed by atoms with Crippen molar-refractivity contribution in [3.05, 3.63) is 58.9 Å². The number of alkyl halides is 3. The summed E-state index contributed by atoms with van der Waals surface area (Å²) in [6, 6.07) is 8.55. The van der Waals surface area contributed by atoms with Gasteiger partial charge in [0.05, 0.1) is 22.0 Å². The van der Waals surface area contributed by atoms with Crippen molar-refractivity contribution < 1.29 is 22.4 Å². The van der Waals surface area contributed by atoms with E-state index in [-0.39, 0.29) is 16.5 Å². The van der Waals surface area contributed by atoms with Crippen LogP contribution in [0.5, 0.6) is 0 Å². The largest absolute Gasteiger partial charge is 0.416 e. The van der Waals surface area contributed by atoms with Gasteiger partial charge in [-0.25, -0.2) is 9.18 Å². The minimum Gasteiger partial charge on any atom is -0.366 e. The number of hydrogen-bond donors (Lipinski definition) is 1. The Bertz CT molecular complexity index is 836. The van der Waals surface area contributed by atoms with E-state index in [2.05, 4.69) is 5.32 Å². The Labute approximate surface area is 158 Å². The number of hydrogen-bond acceptors (Lipinski definition) is 2. The van der Waals surface area contributed by atoms with Crippen molar-refractivity contribution >= 4 is 29.0 Å². The Morgan fingerprint density at radius 3 is 2.33 bits per heavy atom. The molecule has 1 aliphatic rings. The maximum atomic E-state index is 13.9. The van der Waals surface area contributed by atoms with Crippen LogP contribution in [-0.4, -0.2) is 37.1 Å². The third-order valence-electron chi connectivity index (χ3n) is 4.30. The summed E-state index contributed by atoms with van der Waals surface area (Å²) in [4.78, 5) is 15.6. The zero-order valence-corrected chi connectivity index (χ0v) is 14.8. The zero-order valence-electron chi connectivity index (χ0n) is 14.1. The third kappa shape index (κ3) is 4.44. The molecule has 0 unspecified atom stereocenters. The van der Waals surface area contributed by atoms with E-state index in [0.29, 0.717) is 31.9 Å². The van der Waals surface area contributed by atoms with Crippen LogP contribution >= 0.6 is 11.6 Å². The molecular weight excluding hydrogens is 386 g/mol. The van der Waals surface area contributed by atoms with E-state index in [0.717, 1.165) is 18.2 Å². The third-order valence-corrected chi connectivity index (χ3v) is 4.62. The number of urea groups is 1. The molecule has 0 aromatic heterocycles. The average Bonchev–Trinajstić information content (AvgIpc) is 2.63. The molecule has 1 heterocycles. The Hall–Kier alpha value is -2.48. The Morgan fingerprint density at radius 2 is 1.70 bits per heavy atom. The molecule has 3 rings (SSSR count). The molecule has 0 radical (unpaired) electrons. The van der Waals surface area contributed by atoms with E-state index in [4.69, 9.17) is 11.6 Å². The second kappa shape index (κ2) is 7.64. The molecule has 9 heteroatoms. The maximum absolute atomic E-state index is 13.9. The molecule has 2 amide bonds. The highest BCUT2D eigenvalue weighted by Gasteiger charge is 2.31. The first kappa shape index (κ1) is 19.3. The first-order valence-corrected chi connectivity index (χ1v) is 8.55. The summed E-state index contributed by atoms with van der Waals surface area (Å²) in [6.45, 7) is 1.42. The topological polar surface area (TPSA) is 35.6 Å². The van der Waals surface area contributed by atoms with Gasteiger partial charge in [-0.3, -0.25) is 0 Å². The Morgan fingerprint density at radius 1 is 1.04 bits per heavy atom. The van der Waals surface area contributed by atoms with Crippen LogP contribution in [0.4, 0.5) is 33.7 Å². The van der Waals surface area contributed by atoms with Crippen LogP contribution in [0.1, 0.15) is 5.56 Å². The van der Waals surface area contributed by atoms with E-state index in [9.17, 15) is 22.4 Å². The number of rotatable bonds is 2. The van der Waals surface area contributed by atoms with Gasteiger partial charge in [-0.1, -0.05) is 23.7 Å². The number of nitrogens with zero attached hydrogens (tertiary/aromatic N) is 2. The molecule has 2 aromatic carbocycles. The zero-order chi connectivity index (χ0) is 19.6. The summed E-state index contributed by atoms with van der Waals surface area (Å²) >= 11 is 5.90. The maximum Gasteiger partial charge on any atom is 0.416 e.